The lowest BCUT2D eigenvalue weighted by Crippen LogP contribution is -2.21. The first-order chi connectivity index (χ1) is 14.4. The Balaban J connectivity index is 1.47. The van der Waals surface area contributed by atoms with E-state index < -0.39 is 25.1 Å². The third-order valence-corrected chi connectivity index (χ3v) is 4.77. The Labute approximate surface area is 178 Å². The Hall–Kier alpha value is -3.11. The van der Waals surface area contributed by atoms with Crippen molar-refractivity contribution in [2.45, 2.75) is 13.0 Å². The van der Waals surface area contributed by atoms with Crippen LogP contribution in [0.1, 0.15) is 5.69 Å². The van der Waals surface area contributed by atoms with Crippen LogP contribution in [0.15, 0.2) is 48.0 Å². The van der Waals surface area contributed by atoms with Crippen molar-refractivity contribution in [1.82, 2.24) is 9.97 Å². The number of rotatable bonds is 8. The molecular formula is C19H14ClF2N3O4S. The second-order valence-corrected chi connectivity index (χ2v) is 7.03. The second kappa shape index (κ2) is 10.1. The van der Waals surface area contributed by atoms with Gasteiger partial charge in [-0.15, -0.1) is 11.3 Å². The average molecular weight is 454 g/mol. The molecule has 1 aromatic carbocycles. The fourth-order valence-electron chi connectivity index (χ4n) is 2.31. The van der Waals surface area contributed by atoms with Crippen LogP contribution in [0.5, 0.6) is 5.75 Å². The minimum atomic E-state index is -3.01. The number of pyridine rings is 1. The zero-order chi connectivity index (χ0) is 21.5. The average Bonchev–Trinajstić information content (AvgIpc) is 3.17. The highest BCUT2D eigenvalue weighted by molar-refractivity contribution is 7.13. The summed E-state index contributed by atoms with van der Waals surface area (Å²) in [6.07, 6.45) is 1.55. The van der Waals surface area contributed by atoms with Gasteiger partial charge in [0.15, 0.2) is 6.61 Å². The summed E-state index contributed by atoms with van der Waals surface area (Å²) in [5.41, 5.74) is 1.44. The summed E-state index contributed by atoms with van der Waals surface area (Å²) >= 11 is 7.16. The van der Waals surface area contributed by atoms with Gasteiger partial charge < -0.3 is 14.8 Å². The number of halogens is 3. The summed E-state index contributed by atoms with van der Waals surface area (Å²) in [6, 6.07) is 9.20. The minimum Gasteiger partial charge on any atom is -0.455 e. The van der Waals surface area contributed by atoms with Gasteiger partial charge in [-0.2, -0.15) is 8.78 Å². The Morgan fingerprint density at radius 1 is 1.23 bits per heavy atom. The lowest BCUT2D eigenvalue weighted by atomic mass is 10.3. The van der Waals surface area contributed by atoms with Crippen LogP contribution < -0.4 is 10.1 Å². The van der Waals surface area contributed by atoms with Crippen molar-refractivity contribution in [2.24, 2.45) is 0 Å². The van der Waals surface area contributed by atoms with Crippen LogP contribution >= 0.6 is 22.9 Å². The summed E-state index contributed by atoms with van der Waals surface area (Å²) in [5.74, 6) is -1.46. The van der Waals surface area contributed by atoms with Gasteiger partial charge in [0.2, 0.25) is 0 Å². The van der Waals surface area contributed by atoms with Crippen molar-refractivity contribution in [3.63, 3.8) is 0 Å². The van der Waals surface area contributed by atoms with Crippen molar-refractivity contribution in [1.29, 1.82) is 0 Å². The highest BCUT2D eigenvalue weighted by Crippen LogP contribution is 2.29. The van der Waals surface area contributed by atoms with E-state index >= 15 is 0 Å². The largest absolute Gasteiger partial charge is 0.455 e. The molecule has 30 heavy (non-hydrogen) atoms. The molecule has 0 saturated heterocycles. The van der Waals surface area contributed by atoms with Gasteiger partial charge in [-0.05, 0) is 30.3 Å². The Morgan fingerprint density at radius 2 is 2.07 bits per heavy atom. The molecule has 0 aliphatic carbocycles. The fourth-order valence-corrected chi connectivity index (χ4v) is 3.33. The van der Waals surface area contributed by atoms with Crippen molar-refractivity contribution in [3.05, 3.63) is 58.7 Å². The second-order valence-electron chi connectivity index (χ2n) is 5.77. The van der Waals surface area contributed by atoms with Crippen molar-refractivity contribution >= 4 is 40.5 Å². The van der Waals surface area contributed by atoms with E-state index in [0.29, 0.717) is 16.4 Å². The Bertz CT molecular complexity index is 1030. The predicted octanol–water partition coefficient (Wildman–Crippen LogP) is 4.18. The molecule has 1 amide bonds. The number of hydrogen-bond acceptors (Lipinski definition) is 7. The topological polar surface area (TPSA) is 90.4 Å². The fraction of sp³-hybridized carbons (Fsp3) is 0.158. The first-order valence-corrected chi connectivity index (χ1v) is 9.72. The number of hydrogen-bond donors (Lipinski definition) is 1. The molecular weight excluding hydrogens is 440 g/mol. The standard InChI is InChI=1S/C19H14ClF2N3O4S/c20-13-7-11(4-5-15(13)29-19(21)22)24-16(26)9-28-17(27)8-12-10-30-18(25-12)14-3-1-2-6-23-14/h1-7,10,19H,8-9H2,(H,24,26). The molecule has 0 aliphatic rings. The smallest absolute Gasteiger partial charge is 0.387 e. The highest BCUT2D eigenvalue weighted by Gasteiger charge is 2.14. The summed E-state index contributed by atoms with van der Waals surface area (Å²) < 4.78 is 33.6. The van der Waals surface area contributed by atoms with Crippen LogP contribution in [-0.4, -0.2) is 35.1 Å². The lowest BCUT2D eigenvalue weighted by molar-refractivity contribution is -0.146. The van der Waals surface area contributed by atoms with Gasteiger partial charge in [0.25, 0.3) is 5.91 Å². The number of anilines is 1. The molecule has 0 aliphatic heterocycles. The zero-order valence-electron chi connectivity index (χ0n) is 15.2. The van der Waals surface area contributed by atoms with Gasteiger partial charge in [0, 0.05) is 17.3 Å². The summed E-state index contributed by atoms with van der Waals surface area (Å²) in [7, 11) is 0. The minimum absolute atomic E-state index is 0.0951. The van der Waals surface area contributed by atoms with E-state index in [0.717, 1.165) is 0 Å². The van der Waals surface area contributed by atoms with Gasteiger partial charge >= 0.3 is 12.6 Å². The Kier molecular flexibility index (Phi) is 7.26. The van der Waals surface area contributed by atoms with E-state index in [-0.39, 0.29) is 22.9 Å². The predicted molar refractivity (Wildman–Crippen MR) is 107 cm³/mol. The van der Waals surface area contributed by atoms with Crippen LogP contribution in [0.3, 0.4) is 0 Å². The number of ether oxygens (including phenoxy) is 2. The van der Waals surface area contributed by atoms with E-state index in [2.05, 4.69) is 20.0 Å². The lowest BCUT2D eigenvalue weighted by Gasteiger charge is -2.10. The molecule has 0 radical (unpaired) electrons. The van der Waals surface area contributed by atoms with E-state index in [1.165, 1.54) is 29.5 Å². The third kappa shape index (κ3) is 6.19. The van der Waals surface area contributed by atoms with Crippen LogP contribution in [0.25, 0.3) is 10.7 Å². The van der Waals surface area contributed by atoms with Crippen LogP contribution in [0, 0.1) is 0 Å². The van der Waals surface area contributed by atoms with Crippen LogP contribution in [0.4, 0.5) is 14.5 Å². The van der Waals surface area contributed by atoms with E-state index in [1.54, 1.807) is 17.6 Å². The van der Waals surface area contributed by atoms with Gasteiger partial charge in [-0.25, -0.2) is 4.98 Å². The molecule has 0 saturated carbocycles. The molecule has 11 heteroatoms. The van der Waals surface area contributed by atoms with Gasteiger partial charge in [0.05, 0.1) is 22.8 Å². The molecule has 7 nitrogen and oxygen atoms in total. The van der Waals surface area contributed by atoms with E-state index in [9.17, 15) is 18.4 Å². The molecule has 0 spiro atoms. The monoisotopic (exact) mass is 453 g/mol. The molecule has 3 aromatic rings. The molecule has 1 N–H and O–H groups in total. The molecule has 2 aromatic heterocycles. The molecule has 3 rings (SSSR count). The quantitative estimate of drug-likeness (QED) is 0.514. The maximum atomic E-state index is 12.2. The number of nitrogens with zero attached hydrogens (tertiary/aromatic N) is 2. The van der Waals surface area contributed by atoms with Crippen molar-refractivity contribution in [2.75, 3.05) is 11.9 Å². The number of benzene rings is 1. The summed E-state index contributed by atoms with van der Waals surface area (Å²) in [4.78, 5) is 32.4. The number of esters is 1. The maximum absolute atomic E-state index is 12.2. The highest BCUT2D eigenvalue weighted by atomic mass is 35.5. The van der Waals surface area contributed by atoms with Crippen molar-refractivity contribution in [3.8, 4) is 16.5 Å². The molecule has 0 fully saturated rings. The van der Waals surface area contributed by atoms with E-state index in [4.69, 9.17) is 16.3 Å². The number of nitrogens with one attached hydrogen (secondary N) is 1. The number of amides is 1. The summed E-state index contributed by atoms with van der Waals surface area (Å²) in [6.45, 7) is -3.54. The van der Waals surface area contributed by atoms with Crippen LogP contribution in [-0.2, 0) is 20.7 Å². The molecule has 0 unspecified atom stereocenters. The molecule has 2 heterocycles. The van der Waals surface area contributed by atoms with E-state index in [1.807, 2.05) is 12.1 Å². The van der Waals surface area contributed by atoms with Crippen LogP contribution in [0.2, 0.25) is 5.02 Å². The number of thiazole rings is 1. The first-order valence-electron chi connectivity index (χ1n) is 8.46. The third-order valence-electron chi connectivity index (χ3n) is 3.56. The van der Waals surface area contributed by atoms with Gasteiger partial charge in [0.1, 0.15) is 10.8 Å². The summed E-state index contributed by atoms with van der Waals surface area (Å²) in [5, 5.41) is 4.73. The molecule has 0 atom stereocenters. The number of aromatic nitrogens is 2. The van der Waals surface area contributed by atoms with Gasteiger partial charge in [-0.3, -0.25) is 14.6 Å². The molecule has 0 bridgehead atoms. The molecule has 156 valence electrons. The number of carbonyl (C=O) groups excluding carboxylic acids is 2. The normalized spacial score (nSPS) is 10.7. The van der Waals surface area contributed by atoms with Gasteiger partial charge in [-0.1, -0.05) is 17.7 Å². The SMILES string of the molecule is O=C(COC(=O)Cc1csc(-c2ccccn2)n1)Nc1ccc(OC(F)F)c(Cl)c1. The maximum Gasteiger partial charge on any atom is 0.387 e. The first kappa shape index (κ1) is 21.6. The Morgan fingerprint density at radius 3 is 2.77 bits per heavy atom. The van der Waals surface area contributed by atoms with Crippen molar-refractivity contribution < 1.29 is 27.8 Å². The number of carbonyl (C=O) groups is 2. The number of alkyl halides is 2. The zero-order valence-corrected chi connectivity index (χ0v) is 16.8.